The van der Waals surface area contributed by atoms with Crippen LogP contribution in [0.25, 0.3) is 11.3 Å². The van der Waals surface area contributed by atoms with E-state index in [1.807, 2.05) is 42.5 Å². The van der Waals surface area contributed by atoms with E-state index in [-0.39, 0.29) is 12.3 Å². The molecule has 1 aliphatic heterocycles. The molecule has 186 valence electrons. The predicted octanol–water partition coefficient (Wildman–Crippen LogP) is 4.74. The third kappa shape index (κ3) is 4.27. The van der Waals surface area contributed by atoms with E-state index in [2.05, 4.69) is 16.4 Å². The first-order valence-electron chi connectivity index (χ1n) is 12.3. The summed E-state index contributed by atoms with van der Waals surface area (Å²) in [5, 5.41) is 2.76. The quantitative estimate of drug-likeness (QED) is 0.427. The standard InChI is InChI=1S/C29H26N4O3S/c1-33-26-9-5-4-8-25(26)28-21(17-27(33)34)18-30-29(32-28)31-22-11-14-23(15-12-22)37(35,36)24-13-10-19-6-2-3-7-20(19)16-24/h2-9,11-12,14-15,18,24H,10,13,16-17H2,1H3,(H,30,31,32). The molecular weight excluding hydrogens is 484 g/mol. The smallest absolute Gasteiger partial charge is 0.231 e. The average Bonchev–Trinajstić information content (AvgIpc) is 3.03. The summed E-state index contributed by atoms with van der Waals surface area (Å²) >= 11 is 0. The molecule has 7 nitrogen and oxygen atoms in total. The van der Waals surface area contributed by atoms with Gasteiger partial charge in [-0.05, 0) is 60.7 Å². The van der Waals surface area contributed by atoms with Crippen molar-refractivity contribution < 1.29 is 13.2 Å². The van der Waals surface area contributed by atoms with E-state index in [0.717, 1.165) is 28.8 Å². The number of carbonyl (C=O) groups is 1. The molecule has 1 N–H and O–H groups in total. The van der Waals surface area contributed by atoms with E-state index < -0.39 is 15.1 Å². The lowest BCUT2D eigenvalue weighted by molar-refractivity contribution is -0.117. The van der Waals surface area contributed by atoms with Crippen molar-refractivity contribution in [2.45, 2.75) is 35.8 Å². The van der Waals surface area contributed by atoms with Gasteiger partial charge >= 0.3 is 0 Å². The fourth-order valence-corrected chi connectivity index (χ4v) is 6.92. The number of para-hydroxylation sites is 1. The summed E-state index contributed by atoms with van der Waals surface area (Å²) in [5.41, 5.74) is 6.19. The number of aryl methyl sites for hydroxylation is 1. The molecule has 4 aromatic rings. The van der Waals surface area contributed by atoms with Gasteiger partial charge in [0.25, 0.3) is 0 Å². The zero-order valence-corrected chi connectivity index (χ0v) is 21.2. The lowest BCUT2D eigenvalue weighted by atomic mass is 9.92. The molecule has 2 aliphatic rings. The number of nitrogens with one attached hydrogen (secondary N) is 1. The number of amides is 1. The maximum Gasteiger partial charge on any atom is 0.231 e. The lowest BCUT2D eigenvalue weighted by Crippen LogP contribution is -2.28. The van der Waals surface area contributed by atoms with Gasteiger partial charge in [-0.25, -0.2) is 18.4 Å². The van der Waals surface area contributed by atoms with E-state index >= 15 is 0 Å². The van der Waals surface area contributed by atoms with Crippen LogP contribution in [0.4, 0.5) is 17.3 Å². The first-order valence-corrected chi connectivity index (χ1v) is 13.8. The van der Waals surface area contributed by atoms with Crippen molar-refractivity contribution in [2.24, 2.45) is 0 Å². The van der Waals surface area contributed by atoms with E-state index in [9.17, 15) is 13.2 Å². The van der Waals surface area contributed by atoms with E-state index in [4.69, 9.17) is 4.98 Å². The third-order valence-corrected chi connectivity index (χ3v) is 9.49. The van der Waals surface area contributed by atoms with Crippen LogP contribution < -0.4 is 10.2 Å². The van der Waals surface area contributed by atoms with Gasteiger partial charge in [0.1, 0.15) is 0 Å². The Labute approximate surface area is 216 Å². The molecule has 2 heterocycles. The minimum absolute atomic E-state index is 0.0197. The minimum atomic E-state index is -3.45. The summed E-state index contributed by atoms with van der Waals surface area (Å²) in [6, 6.07) is 22.5. The van der Waals surface area contributed by atoms with Crippen LogP contribution in [0.2, 0.25) is 0 Å². The fraction of sp³-hybridized carbons (Fsp3) is 0.207. The molecule has 1 atom stereocenters. The van der Waals surface area contributed by atoms with Crippen LogP contribution in [0, 0.1) is 0 Å². The second-order valence-corrected chi connectivity index (χ2v) is 11.8. The van der Waals surface area contributed by atoms with Crippen LogP contribution in [0.1, 0.15) is 23.1 Å². The number of carbonyl (C=O) groups excluding carboxylic acids is 1. The van der Waals surface area contributed by atoms with Crippen LogP contribution in [-0.2, 0) is 33.9 Å². The fourth-order valence-electron chi connectivity index (χ4n) is 5.19. The predicted molar refractivity (Wildman–Crippen MR) is 144 cm³/mol. The third-order valence-electron chi connectivity index (χ3n) is 7.28. The summed E-state index contributed by atoms with van der Waals surface area (Å²) in [6.45, 7) is 0. The molecule has 0 fully saturated rings. The van der Waals surface area contributed by atoms with Crippen molar-refractivity contribution in [2.75, 3.05) is 17.3 Å². The van der Waals surface area contributed by atoms with Crippen molar-refractivity contribution >= 4 is 33.1 Å². The van der Waals surface area contributed by atoms with Gasteiger partial charge in [-0.3, -0.25) is 4.79 Å². The van der Waals surface area contributed by atoms with Crippen LogP contribution in [-0.4, -0.2) is 36.6 Å². The average molecular weight is 511 g/mol. The molecule has 0 saturated carbocycles. The van der Waals surface area contributed by atoms with E-state index in [0.29, 0.717) is 35.1 Å². The molecule has 1 aromatic heterocycles. The molecule has 6 rings (SSSR count). The highest BCUT2D eigenvalue weighted by atomic mass is 32.2. The zero-order valence-electron chi connectivity index (χ0n) is 20.4. The summed E-state index contributed by atoms with van der Waals surface area (Å²) in [5.74, 6) is 0.360. The summed E-state index contributed by atoms with van der Waals surface area (Å²) < 4.78 is 26.7. The highest BCUT2D eigenvalue weighted by Crippen LogP contribution is 2.35. The number of likely N-dealkylation sites (N-methyl/N-ethyl adjacent to an activating group) is 1. The Morgan fingerprint density at radius 3 is 2.46 bits per heavy atom. The highest BCUT2D eigenvalue weighted by molar-refractivity contribution is 7.92. The summed E-state index contributed by atoms with van der Waals surface area (Å²) in [6.07, 6.45) is 3.85. The Morgan fingerprint density at radius 1 is 0.919 bits per heavy atom. The van der Waals surface area contributed by atoms with Gasteiger partial charge in [-0.1, -0.05) is 42.5 Å². The zero-order chi connectivity index (χ0) is 25.6. The van der Waals surface area contributed by atoms with Crippen LogP contribution in [0.3, 0.4) is 0 Å². The molecule has 0 saturated heterocycles. The number of hydrogen-bond acceptors (Lipinski definition) is 6. The van der Waals surface area contributed by atoms with E-state index in [1.165, 1.54) is 5.56 Å². The number of rotatable bonds is 4. The highest BCUT2D eigenvalue weighted by Gasteiger charge is 2.31. The Bertz CT molecular complexity index is 1620. The van der Waals surface area contributed by atoms with Gasteiger partial charge in [0.05, 0.1) is 27.9 Å². The van der Waals surface area contributed by atoms with Crippen molar-refractivity contribution in [3.05, 3.63) is 95.7 Å². The maximum atomic E-state index is 13.4. The first-order chi connectivity index (χ1) is 17.9. The molecule has 0 bridgehead atoms. The van der Waals surface area contributed by atoms with Crippen LogP contribution >= 0.6 is 0 Å². The monoisotopic (exact) mass is 510 g/mol. The van der Waals surface area contributed by atoms with Crippen molar-refractivity contribution in [1.29, 1.82) is 0 Å². The maximum absolute atomic E-state index is 13.4. The Morgan fingerprint density at radius 2 is 1.65 bits per heavy atom. The number of nitrogens with zero attached hydrogens (tertiary/aromatic N) is 3. The van der Waals surface area contributed by atoms with Crippen LogP contribution in [0.15, 0.2) is 83.9 Å². The van der Waals surface area contributed by atoms with Crippen molar-refractivity contribution in [3.63, 3.8) is 0 Å². The molecular formula is C29H26N4O3S. The first kappa shape index (κ1) is 23.4. The summed E-state index contributed by atoms with van der Waals surface area (Å²) in [4.78, 5) is 23.7. The molecule has 37 heavy (non-hydrogen) atoms. The molecule has 1 amide bonds. The van der Waals surface area contributed by atoms with Gasteiger partial charge in [-0.2, -0.15) is 0 Å². The summed E-state index contributed by atoms with van der Waals surface area (Å²) in [7, 11) is -1.68. The second-order valence-electron chi connectivity index (χ2n) is 9.54. The van der Waals surface area contributed by atoms with Gasteiger partial charge in [0, 0.05) is 30.1 Å². The van der Waals surface area contributed by atoms with Crippen LogP contribution in [0.5, 0.6) is 0 Å². The van der Waals surface area contributed by atoms with Crippen molar-refractivity contribution in [1.82, 2.24) is 9.97 Å². The topological polar surface area (TPSA) is 92.3 Å². The second kappa shape index (κ2) is 9.12. The Kier molecular flexibility index (Phi) is 5.76. The number of sulfone groups is 1. The molecule has 3 aromatic carbocycles. The van der Waals surface area contributed by atoms with Crippen molar-refractivity contribution in [3.8, 4) is 11.3 Å². The number of anilines is 3. The number of hydrogen-bond donors (Lipinski definition) is 1. The van der Waals surface area contributed by atoms with E-state index in [1.54, 1.807) is 42.4 Å². The number of fused-ring (bicyclic) bond motifs is 4. The molecule has 0 radical (unpaired) electrons. The van der Waals surface area contributed by atoms with Gasteiger partial charge in [0.2, 0.25) is 11.9 Å². The van der Waals surface area contributed by atoms with Gasteiger partial charge in [0.15, 0.2) is 9.84 Å². The van der Waals surface area contributed by atoms with Gasteiger partial charge in [-0.15, -0.1) is 0 Å². The van der Waals surface area contributed by atoms with Gasteiger partial charge < -0.3 is 10.2 Å². The lowest BCUT2D eigenvalue weighted by Gasteiger charge is -2.24. The number of benzene rings is 3. The molecule has 8 heteroatoms. The number of aromatic nitrogens is 2. The normalized spacial score (nSPS) is 16.8. The SMILES string of the molecule is CN1C(=O)Cc2cnc(Nc3ccc(S(=O)(=O)C4CCc5ccccc5C4)cc3)nc2-c2ccccc21. The molecule has 1 unspecified atom stereocenters. The molecule has 0 spiro atoms. The molecule has 1 aliphatic carbocycles. The minimum Gasteiger partial charge on any atom is -0.324 e. The Hall–Kier alpha value is -4.04. The Balaban J connectivity index is 1.24. The largest absolute Gasteiger partial charge is 0.324 e.